The van der Waals surface area contributed by atoms with Crippen molar-refractivity contribution in [2.45, 2.75) is 39.3 Å². The van der Waals surface area contributed by atoms with Gasteiger partial charge in [0.15, 0.2) is 0 Å². The van der Waals surface area contributed by atoms with Crippen LogP contribution in [0.3, 0.4) is 0 Å². The van der Waals surface area contributed by atoms with Crippen molar-refractivity contribution in [2.75, 3.05) is 0 Å². The Morgan fingerprint density at radius 3 is 2.60 bits per heavy atom. The highest BCUT2D eigenvalue weighted by Crippen LogP contribution is 2.01. The van der Waals surface area contributed by atoms with Crippen LogP contribution in [0.1, 0.15) is 26.7 Å². The number of aliphatic hydroxyl groups is 1. The van der Waals surface area contributed by atoms with Gasteiger partial charge in [0.2, 0.25) is 0 Å². The highest BCUT2D eigenvalue weighted by Gasteiger charge is 2.13. The zero-order valence-corrected chi connectivity index (χ0v) is 6.58. The predicted molar refractivity (Wildman–Crippen MR) is 40.5 cm³/mol. The molecule has 0 aliphatic carbocycles. The van der Waals surface area contributed by atoms with Crippen LogP contribution in [0.2, 0.25) is 6.32 Å². The number of hydrogen-bond acceptors (Lipinski definition) is 3. The lowest BCUT2D eigenvalue weighted by Crippen LogP contribution is -2.23. The van der Waals surface area contributed by atoms with Crippen molar-refractivity contribution in [1.82, 2.24) is 0 Å². The first kappa shape index (κ1) is 9.94. The average Bonchev–Trinajstić information content (AvgIpc) is 1.82. The molecule has 0 aliphatic rings. The minimum absolute atomic E-state index is 0.599. The molecule has 0 aromatic heterocycles. The molecular weight excluding hydrogens is 131 g/mol. The molecular formula is C6H15BO3. The molecule has 4 heteroatoms. The lowest BCUT2D eigenvalue weighted by molar-refractivity contribution is -0.0158. The first-order valence-corrected chi connectivity index (χ1v) is 3.68. The van der Waals surface area contributed by atoms with Gasteiger partial charge in [0.25, 0.3) is 0 Å². The van der Waals surface area contributed by atoms with Crippen molar-refractivity contribution in [3.8, 4) is 0 Å². The molecule has 10 heavy (non-hydrogen) atoms. The maximum absolute atomic E-state index is 8.97. The minimum Gasteiger partial charge on any atom is -0.427 e. The van der Waals surface area contributed by atoms with Crippen LogP contribution in [0.4, 0.5) is 0 Å². The van der Waals surface area contributed by atoms with E-state index < -0.39 is 13.4 Å². The summed E-state index contributed by atoms with van der Waals surface area (Å²) in [5.41, 5.74) is 0. The SMILES string of the molecule is CCCCB(O)OC(C)O. The molecule has 0 fully saturated rings. The topological polar surface area (TPSA) is 49.7 Å². The van der Waals surface area contributed by atoms with Crippen molar-refractivity contribution in [1.29, 1.82) is 0 Å². The first-order valence-electron chi connectivity index (χ1n) is 3.68. The maximum atomic E-state index is 8.97. The van der Waals surface area contributed by atoms with E-state index in [2.05, 4.69) is 4.65 Å². The van der Waals surface area contributed by atoms with E-state index in [1.54, 1.807) is 0 Å². The fraction of sp³-hybridized carbons (Fsp3) is 1.00. The van der Waals surface area contributed by atoms with Gasteiger partial charge in [-0.25, -0.2) is 0 Å². The average molecular weight is 146 g/mol. The summed E-state index contributed by atoms with van der Waals surface area (Å²) in [5.74, 6) is 0. The van der Waals surface area contributed by atoms with Crippen molar-refractivity contribution >= 4 is 7.12 Å². The summed E-state index contributed by atoms with van der Waals surface area (Å²) >= 11 is 0. The fourth-order valence-electron chi connectivity index (χ4n) is 0.674. The number of aliphatic hydroxyl groups excluding tert-OH is 1. The second-order valence-corrected chi connectivity index (χ2v) is 2.33. The van der Waals surface area contributed by atoms with Gasteiger partial charge in [-0.15, -0.1) is 0 Å². The molecule has 0 amide bonds. The molecule has 60 valence electrons. The monoisotopic (exact) mass is 146 g/mol. The molecule has 0 saturated carbocycles. The highest BCUT2D eigenvalue weighted by atomic mass is 16.6. The molecule has 3 nitrogen and oxygen atoms in total. The molecule has 0 radical (unpaired) electrons. The van der Waals surface area contributed by atoms with Crippen molar-refractivity contribution in [2.24, 2.45) is 0 Å². The smallest absolute Gasteiger partial charge is 0.427 e. The van der Waals surface area contributed by atoms with Crippen LogP contribution in [-0.2, 0) is 4.65 Å². The van der Waals surface area contributed by atoms with Crippen molar-refractivity contribution in [3.05, 3.63) is 0 Å². The van der Waals surface area contributed by atoms with Crippen LogP contribution in [0, 0.1) is 0 Å². The molecule has 0 spiro atoms. The maximum Gasteiger partial charge on any atom is 0.455 e. The van der Waals surface area contributed by atoms with E-state index in [9.17, 15) is 0 Å². The molecule has 2 N–H and O–H groups in total. The van der Waals surface area contributed by atoms with Crippen molar-refractivity contribution < 1.29 is 14.8 Å². The van der Waals surface area contributed by atoms with Crippen LogP contribution >= 0.6 is 0 Å². The molecule has 1 atom stereocenters. The van der Waals surface area contributed by atoms with Gasteiger partial charge in [0.05, 0.1) is 0 Å². The van der Waals surface area contributed by atoms with E-state index in [0.29, 0.717) is 6.32 Å². The summed E-state index contributed by atoms with van der Waals surface area (Å²) in [4.78, 5) is 0. The van der Waals surface area contributed by atoms with Gasteiger partial charge < -0.3 is 14.8 Å². The second-order valence-electron chi connectivity index (χ2n) is 2.33. The third-order valence-corrected chi connectivity index (χ3v) is 1.16. The Morgan fingerprint density at radius 2 is 2.20 bits per heavy atom. The van der Waals surface area contributed by atoms with E-state index in [4.69, 9.17) is 10.1 Å². The summed E-state index contributed by atoms with van der Waals surface area (Å²) in [6, 6.07) is 0. The highest BCUT2D eigenvalue weighted by molar-refractivity contribution is 6.42. The van der Waals surface area contributed by atoms with E-state index in [1.807, 2.05) is 6.92 Å². The molecule has 0 saturated heterocycles. The molecule has 0 rings (SSSR count). The Bertz CT molecular complexity index is 77.4. The predicted octanol–water partition coefficient (Wildman–Crippen LogP) is 0.622. The molecule has 0 heterocycles. The first-order chi connectivity index (χ1) is 4.66. The minimum atomic E-state index is -0.869. The number of hydrogen-bond donors (Lipinski definition) is 2. The molecule has 0 aromatic rings. The van der Waals surface area contributed by atoms with Crippen LogP contribution in [-0.4, -0.2) is 23.5 Å². The van der Waals surface area contributed by atoms with Crippen LogP contribution < -0.4 is 0 Å². The Morgan fingerprint density at radius 1 is 1.60 bits per heavy atom. The van der Waals surface area contributed by atoms with Gasteiger partial charge >= 0.3 is 7.12 Å². The van der Waals surface area contributed by atoms with E-state index in [0.717, 1.165) is 12.8 Å². The summed E-state index contributed by atoms with van der Waals surface area (Å²) < 4.78 is 4.66. The normalized spacial score (nSPS) is 13.2. The fourth-order valence-corrected chi connectivity index (χ4v) is 0.674. The third kappa shape index (κ3) is 6.07. The molecule has 0 bridgehead atoms. The quantitative estimate of drug-likeness (QED) is 0.441. The van der Waals surface area contributed by atoms with E-state index in [1.165, 1.54) is 6.92 Å². The lowest BCUT2D eigenvalue weighted by atomic mass is 9.83. The summed E-state index contributed by atoms with van der Waals surface area (Å²) in [6.45, 7) is 3.52. The van der Waals surface area contributed by atoms with Crippen LogP contribution in [0.15, 0.2) is 0 Å². The van der Waals surface area contributed by atoms with E-state index >= 15 is 0 Å². The van der Waals surface area contributed by atoms with Crippen molar-refractivity contribution in [3.63, 3.8) is 0 Å². The van der Waals surface area contributed by atoms with Gasteiger partial charge in [0.1, 0.15) is 6.29 Å². The largest absolute Gasteiger partial charge is 0.455 e. The zero-order chi connectivity index (χ0) is 7.98. The Kier molecular flexibility index (Phi) is 5.68. The summed E-state index contributed by atoms with van der Waals surface area (Å²) in [7, 11) is -0.806. The number of rotatable bonds is 5. The summed E-state index contributed by atoms with van der Waals surface area (Å²) in [5, 5.41) is 17.6. The molecule has 1 unspecified atom stereocenters. The molecule has 0 aliphatic heterocycles. The Labute approximate surface area is 62.2 Å². The zero-order valence-electron chi connectivity index (χ0n) is 6.58. The lowest BCUT2D eigenvalue weighted by Gasteiger charge is -2.08. The second kappa shape index (κ2) is 5.71. The summed E-state index contributed by atoms with van der Waals surface area (Å²) in [6.07, 6.45) is 1.68. The Hall–Kier alpha value is -0.0551. The van der Waals surface area contributed by atoms with Gasteiger partial charge in [-0.3, -0.25) is 0 Å². The van der Waals surface area contributed by atoms with Gasteiger partial charge in [-0.05, 0) is 13.2 Å². The third-order valence-electron chi connectivity index (χ3n) is 1.16. The van der Waals surface area contributed by atoms with Gasteiger partial charge in [0, 0.05) is 0 Å². The molecule has 0 aromatic carbocycles. The van der Waals surface area contributed by atoms with Crippen LogP contribution in [0.25, 0.3) is 0 Å². The van der Waals surface area contributed by atoms with Gasteiger partial charge in [-0.2, -0.15) is 0 Å². The number of unbranched alkanes of at least 4 members (excludes halogenated alkanes) is 1. The standard InChI is InChI=1S/C6H15BO3/c1-3-4-5-7(9)10-6(2)8/h6,8-9H,3-5H2,1-2H3. The Balaban J connectivity index is 3.16. The van der Waals surface area contributed by atoms with Gasteiger partial charge in [-0.1, -0.05) is 19.8 Å². The van der Waals surface area contributed by atoms with Crippen LogP contribution in [0.5, 0.6) is 0 Å². The van der Waals surface area contributed by atoms with E-state index in [-0.39, 0.29) is 0 Å².